The Balaban J connectivity index is 1.88. The van der Waals surface area contributed by atoms with Crippen molar-refractivity contribution in [1.29, 1.82) is 0 Å². The lowest BCUT2D eigenvalue weighted by Gasteiger charge is -2.12. The molecule has 5 heteroatoms. The van der Waals surface area contributed by atoms with Crippen LogP contribution in [0.1, 0.15) is 12.5 Å². The van der Waals surface area contributed by atoms with Gasteiger partial charge in [-0.3, -0.25) is 0 Å². The highest BCUT2D eigenvalue weighted by atomic mass is 79.9. The molecule has 1 N–H and O–H groups in total. The van der Waals surface area contributed by atoms with E-state index < -0.39 is 0 Å². The zero-order chi connectivity index (χ0) is 16.5. The van der Waals surface area contributed by atoms with Crippen molar-refractivity contribution in [3.8, 4) is 22.7 Å². The summed E-state index contributed by atoms with van der Waals surface area (Å²) in [5, 5.41) is 8.38. The number of hydrogen-bond acceptors (Lipinski definition) is 3. The van der Waals surface area contributed by atoms with Crippen molar-refractivity contribution in [2.45, 2.75) is 13.3 Å². The molecule has 0 spiro atoms. The van der Waals surface area contributed by atoms with Crippen molar-refractivity contribution < 1.29 is 4.74 Å². The molecule has 0 atom stereocenters. The maximum atomic E-state index is 5.79. The number of rotatable bonds is 4. The van der Waals surface area contributed by atoms with E-state index in [2.05, 4.69) is 33.4 Å². The van der Waals surface area contributed by atoms with E-state index in [0.717, 1.165) is 46.0 Å². The molecule has 0 saturated carbocycles. The van der Waals surface area contributed by atoms with Crippen LogP contribution in [0, 0.1) is 0 Å². The molecule has 0 fully saturated rings. The third-order valence-electron chi connectivity index (χ3n) is 4.14. The standard InChI is InChI=1S/C19H18BrN3O/c1-2-24-17-9-4-3-8-16(17)23-19-15(10-11-21-19)18(22-23)13-6-5-7-14(20)12-13/h3-9,12,21H,2,10-11H2,1H3. The number of aromatic nitrogens is 2. The predicted octanol–water partition coefficient (Wildman–Crippen LogP) is 4.67. The normalized spacial score (nSPS) is 12.8. The molecule has 3 aromatic rings. The Kier molecular flexibility index (Phi) is 4.02. The fraction of sp³-hybridized carbons (Fsp3) is 0.211. The average Bonchev–Trinajstić information content (AvgIpc) is 3.18. The van der Waals surface area contributed by atoms with Crippen LogP contribution in [0.15, 0.2) is 53.0 Å². The summed E-state index contributed by atoms with van der Waals surface area (Å²) < 4.78 is 8.82. The molecule has 4 rings (SSSR count). The van der Waals surface area contributed by atoms with Crippen LogP contribution in [-0.4, -0.2) is 22.9 Å². The van der Waals surface area contributed by atoms with Gasteiger partial charge in [-0.15, -0.1) is 0 Å². The fourth-order valence-electron chi connectivity index (χ4n) is 3.13. The number of halogens is 1. The van der Waals surface area contributed by atoms with Gasteiger partial charge < -0.3 is 10.1 Å². The Morgan fingerprint density at radius 2 is 2.08 bits per heavy atom. The molecule has 0 unspecified atom stereocenters. The SMILES string of the molecule is CCOc1ccccc1-n1nc(-c2cccc(Br)c2)c2c1NCC2. The van der Waals surface area contributed by atoms with Crippen LogP contribution >= 0.6 is 15.9 Å². The van der Waals surface area contributed by atoms with Gasteiger partial charge in [-0.25, -0.2) is 4.68 Å². The minimum absolute atomic E-state index is 0.631. The largest absolute Gasteiger partial charge is 0.492 e. The van der Waals surface area contributed by atoms with Crippen LogP contribution in [0.2, 0.25) is 0 Å². The lowest BCUT2D eigenvalue weighted by Crippen LogP contribution is -2.06. The van der Waals surface area contributed by atoms with E-state index in [1.165, 1.54) is 5.56 Å². The molecule has 1 aliphatic heterocycles. The van der Waals surface area contributed by atoms with Gasteiger partial charge in [-0.05, 0) is 37.6 Å². The van der Waals surface area contributed by atoms with Gasteiger partial charge in [0.2, 0.25) is 0 Å². The molecule has 0 amide bonds. The van der Waals surface area contributed by atoms with Crippen LogP contribution < -0.4 is 10.1 Å². The molecule has 0 aliphatic carbocycles. The van der Waals surface area contributed by atoms with E-state index in [1.54, 1.807) is 0 Å². The van der Waals surface area contributed by atoms with Crippen molar-refractivity contribution in [3.05, 3.63) is 58.6 Å². The maximum absolute atomic E-state index is 5.79. The van der Waals surface area contributed by atoms with Crippen molar-refractivity contribution in [2.75, 3.05) is 18.5 Å². The summed E-state index contributed by atoms with van der Waals surface area (Å²) in [6.07, 6.45) is 0.980. The first-order valence-electron chi connectivity index (χ1n) is 8.12. The van der Waals surface area contributed by atoms with E-state index in [4.69, 9.17) is 9.84 Å². The van der Waals surface area contributed by atoms with Crippen molar-refractivity contribution in [3.63, 3.8) is 0 Å². The molecular formula is C19H18BrN3O. The highest BCUT2D eigenvalue weighted by Gasteiger charge is 2.25. The topological polar surface area (TPSA) is 39.1 Å². The zero-order valence-electron chi connectivity index (χ0n) is 13.4. The second-order valence-electron chi connectivity index (χ2n) is 5.68. The summed E-state index contributed by atoms with van der Waals surface area (Å²) >= 11 is 3.55. The van der Waals surface area contributed by atoms with Crippen molar-refractivity contribution in [1.82, 2.24) is 9.78 Å². The van der Waals surface area contributed by atoms with E-state index in [1.807, 2.05) is 48.0 Å². The van der Waals surface area contributed by atoms with Crippen LogP contribution in [0.3, 0.4) is 0 Å². The van der Waals surface area contributed by atoms with Crippen LogP contribution in [-0.2, 0) is 6.42 Å². The Morgan fingerprint density at radius 3 is 2.92 bits per heavy atom. The minimum Gasteiger partial charge on any atom is -0.492 e. The monoisotopic (exact) mass is 383 g/mol. The molecule has 2 aromatic carbocycles. The van der Waals surface area contributed by atoms with E-state index >= 15 is 0 Å². The number of ether oxygens (including phenoxy) is 1. The third-order valence-corrected chi connectivity index (χ3v) is 4.64. The molecule has 24 heavy (non-hydrogen) atoms. The summed E-state index contributed by atoms with van der Waals surface area (Å²) in [6.45, 7) is 3.56. The first-order valence-corrected chi connectivity index (χ1v) is 8.91. The quantitative estimate of drug-likeness (QED) is 0.711. The van der Waals surface area contributed by atoms with Gasteiger partial charge in [0.1, 0.15) is 17.3 Å². The number of fused-ring (bicyclic) bond motifs is 1. The van der Waals surface area contributed by atoms with E-state index in [-0.39, 0.29) is 0 Å². The molecule has 0 bridgehead atoms. The van der Waals surface area contributed by atoms with Crippen LogP contribution in [0.4, 0.5) is 5.82 Å². The fourth-order valence-corrected chi connectivity index (χ4v) is 3.53. The number of benzene rings is 2. The number of para-hydroxylation sites is 2. The van der Waals surface area contributed by atoms with Gasteiger partial charge in [0, 0.05) is 22.1 Å². The van der Waals surface area contributed by atoms with Crippen LogP contribution in [0.25, 0.3) is 16.9 Å². The van der Waals surface area contributed by atoms with E-state index in [0.29, 0.717) is 6.61 Å². The average molecular weight is 384 g/mol. The van der Waals surface area contributed by atoms with Gasteiger partial charge in [-0.2, -0.15) is 5.10 Å². The Hall–Kier alpha value is -2.27. The Labute approximate surface area is 149 Å². The smallest absolute Gasteiger partial charge is 0.145 e. The Bertz CT molecular complexity index is 888. The minimum atomic E-state index is 0.631. The van der Waals surface area contributed by atoms with Crippen LogP contribution in [0.5, 0.6) is 5.75 Å². The summed E-state index contributed by atoms with van der Waals surface area (Å²) in [5.41, 5.74) is 4.38. The predicted molar refractivity (Wildman–Crippen MR) is 100 cm³/mol. The first kappa shape index (κ1) is 15.3. The first-order chi connectivity index (χ1) is 11.8. The second-order valence-corrected chi connectivity index (χ2v) is 6.59. The molecule has 2 heterocycles. The number of hydrogen-bond donors (Lipinski definition) is 1. The molecule has 0 saturated heterocycles. The van der Waals surface area contributed by atoms with Crippen molar-refractivity contribution >= 4 is 21.7 Å². The van der Waals surface area contributed by atoms with Gasteiger partial charge >= 0.3 is 0 Å². The van der Waals surface area contributed by atoms with Gasteiger partial charge in [0.25, 0.3) is 0 Å². The lowest BCUT2D eigenvalue weighted by molar-refractivity contribution is 0.338. The highest BCUT2D eigenvalue weighted by molar-refractivity contribution is 9.10. The van der Waals surface area contributed by atoms with E-state index in [9.17, 15) is 0 Å². The number of nitrogens with zero attached hydrogens (tertiary/aromatic N) is 2. The third kappa shape index (κ3) is 2.59. The summed E-state index contributed by atoms with van der Waals surface area (Å²) in [6, 6.07) is 16.3. The molecule has 1 aromatic heterocycles. The molecule has 0 radical (unpaired) electrons. The Morgan fingerprint density at radius 1 is 1.21 bits per heavy atom. The van der Waals surface area contributed by atoms with Gasteiger partial charge in [0.15, 0.2) is 0 Å². The van der Waals surface area contributed by atoms with Crippen molar-refractivity contribution in [2.24, 2.45) is 0 Å². The van der Waals surface area contributed by atoms with Gasteiger partial charge in [0.05, 0.1) is 12.3 Å². The summed E-state index contributed by atoms with van der Waals surface area (Å²) in [5.74, 6) is 1.91. The van der Waals surface area contributed by atoms with Gasteiger partial charge in [-0.1, -0.05) is 40.2 Å². The summed E-state index contributed by atoms with van der Waals surface area (Å²) in [4.78, 5) is 0. The maximum Gasteiger partial charge on any atom is 0.145 e. The number of anilines is 1. The second kappa shape index (κ2) is 6.32. The summed E-state index contributed by atoms with van der Waals surface area (Å²) in [7, 11) is 0. The molecule has 4 nitrogen and oxygen atoms in total. The highest BCUT2D eigenvalue weighted by Crippen LogP contribution is 2.37. The molecule has 122 valence electrons. The lowest BCUT2D eigenvalue weighted by atomic mass is 10.1. The number of nitrogens with one attached hydrogen (secondary N) is 1. The molecule has 1 aliphatic rings. The molecular weight excluding hydrogens is 366 g/mol. The zero-order valence-corrected chi connectivity index (χ0v) is 15.0.